The van der Waals surface area contributed by atoms with Crippen LogP contribution in [-0.2, 0) is 11.2 Å². The van der Waals surface area contributed by atoms with E-state index in [0.29, 0.717) is 17.2 Å². The molecular formula is C14H13ClO3S. The Labute approximate surface area is 120 Å². The second-order valence-electron chi connectivity index (χ2n) is 4.08. The molecule has 100 valence electrons. The predicted octanol–water partition coefficient (Wildman–Crippen LogP) is 3.72. The van der Waals surface area contributed by atoms with Gasteiger partial charge in [-0.3, -0.25) is 4.79 Å². The number of hydrogen-bond acceptors (Lipinski definition) is 3. The van der Waals surface area contributed by atoms with Crippen LogP contribution in [0.15, 0.2) is 41.8 Å². The van der Waals surface area contributed by atoms with E-state index in [9.17, 15) is 9.90 Å². The van der Waals surface area contributed by atoms with Crippen LogP contribution >= 0.6 is 22.9 Å². The average molecular weight is 297 g/mol. The number of rotatable bonds is 6. The van der Waals surface area contributed by atoms with E-state index in [-0.39, 0.29) is 6.61 Å². The Morgan fingerprint density at radius 1 is 1.32 bits per heavy atom. The Hall–Kier alpha value is -1.52. The molecule has 0 radical (unpaired) electrons. The molecule has 5 heteroatoms. The molecule has 1 aromatic heterocycles. The number of benzene rings is 1. The van der Waals surface area contributed by atoms with Crippen LogP contribution in [-0.4, -0.2) is 17.7 Å². The third kappa shape index (κ3) is 4.26. The number of carboxylic acid groups (broad SMARTS) is 1. The zero-order valence-electron chi connectivity index (χ0n) is 10.1. The topological polar surface area (TPSA) is 46.5 Å². The van der Waals surface area contributed by atoms with Gasteiger partial charge in [0.15, 0.2) is 0 Å². The monoisotopic (exact) mass is 296 g/mol. The minimum Gasteiger partial charge on any atom is -0.493 e. The molecule has 0 bridgehead atoms. The van der Waals surface area contributed by atoms with Crippen molar-refractivity contribution in [3.05, 3.63) is 51.7 Å². The van der Waals surface area contributed by atoms with E-state index in [2.05, 4.69) is 0 Å². The molecule has 0 aliphatic rings. The van der Waals surface area contributed by atoms with Crippen LogP contribution in [0.3, 0.4) is 0 Å². The molecule has 1 unspecified atom stereocenters. The number of carbonyl (C=O) groups is 1. The molecule has 1 aromatic carbocycles. The summed E-state index contributed by atoms with van der Waals surface area (Å²) >= 11 is 7.33. The first-order valence-electron chi connectivity index (χ1n) is 5.78. The number of aliphatic carboxylic acids is 1. The fourth-order valence-corrected chi connectivity index (χ4v) is 2.53. The summed E-state index contributed by atoms with van der Waals surface area (Å²) in [4.78, 5) is 12.3. The smallest absolute Gasteiger partial charge is 0.310 e. The quantitative estimate of drug-likeness (QED) is 0.883. The fourth-order valence-electron chi connectivity index (χ4n) is 1.62. The van der Waals surface area contributed by atoms with Crippen molar-refractivity contribution in [1.82, 2.24) is 0 Å². The van der Waals surface area contributed by atoms with Gasteiger partial charge in [-0.2, -0.15) is 0 Å². The number of thiophene rings is 1. The summed E-state index contributed by atoms with van der Waals surface area (Å²) < 4.78 is 5.50. The van der Waals surface area contributed by atoms with Crippen LogP contribution in [0.5, 0.6) is 5.75 Å². The van der Waals surface area contributed by atoms with E-state index in [1.54, 1.807) is 35.6 Å². The lowest BCUT2D eigenvalue weighted by molar-refractivity contribution is -0.142. The number of hydrogen-bond donors (Lipinski definition) is 1. The molecule has 2 rings (SSSR count). The Kier molecular flexibility index (Phi) is 4.82. The second-order valence-corrected chi connectivity index (χ2v) is 5.55. The standard InChI is InChI=1S/C14H13ClO3S/c15-11-3-5-12(6-4-11)18-9-10(14(16)17)8-13-2-1-7-19-13/h1-7,10H,8-9H2,(H,16,17). The van der Waals surface area contributed by atoms with Crippen molar-refractivity contribution in [3.8, 4) is 5.75 Å². The zero-order valence-corrected chi connectivity index (χ0v) is 11.7. The molecule has 0 amide bonds. The van der Waals surface area contributed by atoms with Gasteiger partial charge in [-0.15, -0.1) is 11.3 Å². The molecule has 0 aliphatic heterocycles. The highest BCUT2D eigenvalue weighted by Gasteiger charge is 2.19. The summed E-state index contributed by atoms with van der Waals surface area (Å²) in [5, 5.41) is 11.8. The van der Waals surface area contributed by atoms with Gasteiger partial charge >= 0.3 is 5.97 Å². The molecule has 19 heavy (non-hydrogen) atoms. The first-order valence-corrected chi connectivity index (χ1v) is 7.04. The van der Waals surface area contributed by atoms with Crippen LogP contribution < -0.4 is 4.74 Å². The summed E-state index contributed by atoms with van der Waals surface area (Å²) in [5.41, 5.74) is 0. The van der Waals surface area contributed by atoms with Crippen LogP contribution in [0.1, 0.15) is 4.88 Å². The maximum Gasteiger partial charge on any atom is 0.310 e. The van der Waals surface area contributed by atoms with Crippen molar-refractivity contribution in [3.63, 3.8) is 0 Å². The van der Waals surface area contributed by atoms with E-state index < -0.39 is 11.9 Å². The van der Waals surface area contributed by atoms with Crippen molar-refractivity contribution in [2.75, 3.05) is 6.61 Å². The van der Waals surface area contributed by atoms with Gasteiger partial charge < -0.3 is 9.84 Å². The Morgan fingerprint density at radius 3 is 2.63 bits per heavy atom. The normalized spacial score (nSPS) is 12.1. The maximum atomic E-state index is 11.2. The zero-order chi connectivity index (χ0) is 13.7. The largest absolute Gasteiger partial charge is 0.493 e. The number of halogens is 1. The van der Waals surface area contributed by atoms with Gasteiger partial charge in [0, 0.05) is 9.90 Å². The minimum atomic E-state index is -0.845. The summed E-state index contributed by atoms with van der Waals surface area (Å²) in [6.45, 7) is 0.148. The predicted molar refractivity (Wildman–Crippen MR) is 76.1 cm³/mol. The molecule has 1 N–H and O–H groups in total. The fraction of sp³-hybridized carbons (Fsp3) is 0.214. The van der Waals surface area contributed by atoms with Gasteiger partial charge in [0.25, 0.3) is 0 Å². The molecule has 0 saturated carbocycles. The van der Waals surface area contributed by atoms with Crippen molar-refractivity contribution in [2.24, 2.45) is 5.92 Å². The first kappa shape index (κ1) is 13.9. The van der Waals surface area contributed by atoms with E-state index in [1.165, 1.54) is 0 Å². The van der Waals surface area contributed by atoms with Crippen molar-refractivity contribution in [2.45, 2.75) is 6.42 Å². The molecule has 0 spiro atoms. The number of carboxylic acids is 1. The Bertz CT molecular complexity index is 522. The summed E-state index contributed by atoms with van der Waals surface area (Å²) in [6.07, 6.45) is 0.487. The van der Waals surface area contributed by atoms with E-state index in [1.807, 2.05) is 17.5 Å². The molecule has 1 heterocycles. The SMILES string of the molecule is O=C(O)C(COc1ccc(Cl)cc1)Cc1cccs1. The molecule has 2 aromatic rings. The first-order chi connectivity index (χ1) is 9.15. The van der Waals surface area contributed by atoms with Crippen molar-refractivity contribution >= 4 is 28.9 Å². The summed E-state index contributed by atoms with van der Waals surface area (Å²) in [6, 6.07) is 10.7. The molecular weight excluding hydrogens is 284 g/mol. The van der Waals surface area contributed by atoms with Crippen molar-refractivity contribution < 1.29 is 14.6 Å². The minimum absolute atomic E-state index is 0.148. The molecule has 0 aliphatic carbocycles. The lowest BCUT2D eigenvalue weighted by Crippen LogP contribution is -2.23. The third-order valence-electron chi connectivity index (χ3n) is 2.64. The highest BCUT2D eigenvalue weighted by atomic mass is 35.5. The van der Waals surface area contributed by atoms with Gasteiger partial charge in [0.05, 0.1) is 5.92 Å². The lowest BCUT2D eigenvalue weighted by Gasteiger charge is -2.13. The summed E-state index contributed by atoms with van der Waals surface area (Å²) in [7, 11) is 0. The lowest BCUT2D eigenvalue weighted by atomic mass is 10.1. The molecule has 0 fully saturated rings. The third-order valence-corrected chi connectivity index (χ3v) is 3.79. The van der Waals surface area contributed by atoms with Gasteiger partial charge in [0.2, 0.25) is 0 Å². The van der Waals surface area contributed by atoms with Crippen LogP contribution in [0.2, 0.25) is 5.02 Å². The molecule has 1 atom stereocenters. The van der Waals surface area contributed by atoms with Crippen molar-refractivity contribution in [1.29, 1.82) is 0 Å². The van der Waals surface area contributed by atoms with Gasteiger partial charge in [-0.05, 0) is 42.1 Å². The molecule has 3 nitrogen and oxygen atoms in total. The van der Waals surface area contributed by atoms with Crippen LogP contribution in [0.4, 0.5) is 0 Å². The van der Waals surface area contributed by atoms with E-state index >= 15 is 0 Å². The second kappa shape index (κ2) is 6.59. The Balaban J connectivity index is 1.93. The summed E-state index contributed by atoms with van der Waals surface area (Å²) in [5.74, 6) is -0.765. The van der Waals surface area contributed by atoms with E-state index in [0.717, 1.165) is 4.88 Å². The number of ether oxygens (including phenoxy) is 1. The average Bonchev–Trinajstić information content (AvgIpc) is 2.89. The van der Waals surface area contributed by atoms with Gasteiger partial charge in [-0.1, -0.05) is 17.7 Å². The molecule has 0 saturated heterocycles. The van der Waals surface area contributed by atoms with Gasteiger partial charge in [-0.25, -0.2) is 0 Å². The van der Waals surface area contributed by atoms with E-state index in [4.69, 9.17) is 16.3 Å². The van der Waals surface area contributed by atoms with Crippen LogP contribution in [0.25, 0.3) is 0 Å². The highest BCUT2D eigenvalue weighted by Crippen LogP contribution is 2.19. The van der Waals surface area contributed by atoms with Gasteiger partial charge in [0.1, 0.15) is 12.4 Å². The Morgan fingerprint density at radius 2 is 2.05 bits per heavy atom. The highest BCUT2D eigenvalue weighted by molar-refractivity contribution is 7.09. The maximum absolute atomic E-state index is 11.2. The van der Waals surface area contributed by atoms with Crippen LogP contribution in [0, 0.1) is 5.92 Å².